The topological polar surface area (TPSA) is 30.3 Å². The first-order valence-corrected chi connectivity index (χ1v) is 7.58. The molecule has 5 heteroatoms. The standard InChI is InChI=1S/C14H22ClN3O/c1-17-14(13(15)8-16-17)10-18-5-2-12(9-18)11-3-6-19-7-4-11/h8,11-12H,2-7,9-10H2,1H3/t12-/m1/s1. The van der Waals surface area contributed by atoms with E-state index in [1.54, 1.807) is 6.20 Å². The van der Waals surface area contributed by atoms with Gasteiger partial charge in [-0.15, -0.1) is 0 Å². The molecule has 0 unspecified atom stereocenters. The molecule has 2 saturated heterocycles. The quantitative estimate of drug-likeness (QED) is 0.853. The third-order valence-electron chi connectivity index (χ3n) is 4.63. The monoisotopic (exact) mass is 283 g/mol. The van der Waals surface area contributed by atoms with Gasteiger partial charge in [0.05, 0.1) is 16.9 Å². The lowest BCUT2D eigenvalue weighted by molar-refractivity contribution is 0.0477. The van der Waals surface area contributed by atoms with E-state index in [0.29, 0.717) is 0 Å². The summed E-state index contributed by atoms with van der Waals surface area (Å²) in [5.41, 5.74) is 1.13. The van der Waals surface area contributed by atoms with Gasteiger partial charge in [0.15, 0.2) is 0 Å². The van der Waals surface area contributed by atoms with Crippen LogP contribution in [0.3, 0.4) is 0 Å². The summed E-state index contributed by atoms with van der Waals surface area (Å²) >= 11 is 6.18. The van der Waals surface area contributed by atoms with Crippen molar-refractivity contribution in [3.05, 3.63) is 16.9 Å². The second-order valence-electron chi connectivity index (χ2n) is 5.80. The number of aryl methyl sites for hydroxylation is 1. The SMILES string of the molecule is Cn1ncc(Cl)c1CN1CC[C@@H](C2CCOCC2)C1. The summed E-state index contributed by atoms with van der Waals surface area (Å²) in [5, 5.41) is 5.00. The van der Waals surface area contributed by atoms with E-state index >= 15 is 0 Å². The highest BCUT2D eigenvalue weighted by molar-refractivity contribution is 6.31. The van der Waals surface area contributed by atoms with Crippen molar-refractivity contribution in [1.29, 1.82) is 0 Å². The summed E-state index contributed by atoms with van der Waals surface area (Å²) in [6.07, 6.45) is 5.54. The van der Waals surface area contributed by atoms with Gasteiger partial charge < -0.3 is 4.74 Å². The normalized spacial score (nSPS) is 26.1. The van der Waals surface area contributed by atoms with Gasteiger partial charge in [0.1, 0.15) is 0 Å². The van der Waals surface area contributed by atoms with Crippen LogP contribution in [0.1, 0.15) is 25.0 Å². The molecule has 0 radical (unpaired) electrons. The average Bonchev–Trinajstić information content (AvgIpc) is 3.02. The van der Waals surface area contributed by atoms with Gasteiger partial charge in [-0.25, -0.2) is 0 Å². The van der Waals surface area contributed by atoms with Crippen molar-refractivity contribution in [1.82, 2.24) is 14.7 Å². The molecule has 106 valence electrons. The molecule has 0 spiro atoms. The molecule has 19 heavy (non-hydrogen) atoms. The minimum atomic E-state index is 0.789. The van der Waals surface area contributed by atoms with Gasteiger partial charge >= 0.3 is 0 Å². The third-order valence-corrected chi connectivity index (χ3v) is 4.94. The highest BCUT2D eigenvalue weighted by Gasteiger charge is 2.31. The first-order chi connectivity index (χ1) is 9.24. The Labute approximate surface area is 119 Å². The lowest BCUT2D eigenvalue weighted by atomic mass is 9.85. The molecule has 1 aromatic heterocycles. The Hall–Kier alpha value is -0.580. The van der Waals surface area contributed by atoms with Crippen molar-refractivity contribution >= 4 is 11.6 Å². The second-order valence-corrected chi connectivity index (χ2v) is 6.20. The van der Waals surface area contributed by atoms with Gasteiger partial charge in [-0.05, 0) is 37.6 Å². The molecule has 2 aliphatic heterocycles. The fourth-order valence-electron chi connectivity index (χ4n) is 3.40. The van der Waals surface area contributed by atoms with Crippen LogP contribution in [0.15, 0.2) is 6.20 Å². The van der Waals surface area contributed by atoms with Crippen LogP contribution in [0, 0.1) is 11.8 Å². The Morgan fingerprint density at radius 1 is 1.32 bits per heavy atom. The van der Waals surface area contributed by atoms with Crippen molar-refractivity contribution in [3.63, 3.8) is 0 Å². The van der Waals surface area contributed by atoms with Crippen molar-refractivity contribution in [3.8, 4) is 0 Å². The zero-order chi connectivity index (χ0) is 13.2. The lowest BCUT2D eigenvalue weighted by Crippen LogP contribution is -2.27. The number of hydrogen-bond donors (Lipinski definition) is 0. The summed E-state index contributed by atoms with van der Waals surface area (Å²) < 4.78 is 7.35. The number of halogens is 1. The van der Waals surface area contributed by atoms with Crippen molar-refractivity contribution < 1.29 is 4.74 Å². The van der Waals surface area contributed by atoms with E-state index in [4.69, 9.17) is 16.3 Å². The molecule has 0 aliphatic carbocycles. The Kier molecular flexibility index (Phi) is 4.10. The molecular weight excluding hydrogens is 262 g/mol. The molecule has 0 saturated carbocycles. The number of hydrogen-bond acceptors (Lipinski definition) is 3. The maximum absolute atomic E-state index is 6.18. The largest absolute Gasteiger partial charge is 0.381 e. The van der Waals surface area contributed by atoms with E-state index in [2.05, 4.69) is 10.00 Å². The van der Waals surface area contributed by atoms with Crippen LogP contribution in [0.5, 0.6) is 0 Å². The highest BCUT2D eigenvalue weighted by atomic mass is 35.5. The van der Waals surface area contributed by atoms with Gasteiger partial charge in [-0.1, -0.05) is 11.6 Å². The second kappa shape index (κ2) is 5.81. The summed E-state index contributed by atoms with van der Waals surface area (Å²) in [6.45, 7) is 5.22. The van der Waals surface area contributed by atoms with E-state index in [0.717, 1.165) is 42.3 Å². The molecule has 0 amide bonds. The van der Waals surface area contributed by atoms with Crippen LogP contribution in [0.4, 0.5) is 0 Å². The summed E-state index contributed by atoms with van der Waals surface area (Å²) in [7, 11) is 1.97. The van der Waals surface area contributed by atoms with E-state index in [-0.39, 0.29) is 0 Å². The molecular formula is C14H22ClN3O. The fourth-order valence-corrected chi connectivity index (χ4v) is 3.63. The first-order valence-electron chi connectivity index (χ1n) is 7.20. The number of nitrogens with zero attached hydrogens (tertiary/aromatic N) is 3. The predicted molar refractivity (Wildman–Crippen MR) is 75.1 cm³/mol. The Bertz CT molecular complexity index is 409. The third kappa shape index (κ3) is 2.96. The zero-order valence-electron chi connectivity index (χ0n) is 11.5. The number of likely N-dealkylation sites (tertiary alicyclic amines) is 1. The van der Waals surface area contributed by atoms with Gasteiger partial charge in [0.25, 0.3) is 0 Å². The van der Waals surface area contributed by atoms with Crippen LogP contribution in [0.25, 0.3) is 0 Å². The summed E-state index contributed by atoms with van der Waals surface area (Å²) in [4.78, 5) is 2.52. The molecule has 0 bridgehead atoms. The molecule has 1 aromatic rings. The van der Waals surface area contributed by atoms with Crippen LogP contribution < -0.4 is 0 Å². The maximum atomic E-state index is 6.18. The van der Waals surface area contributed by atoms with Crippen molar-refractivity contribution in [2.45, 2.75) is 25.8 Å². The summed E-state index contributed by atoms with van der Waals surface area (Å²) in [5.74, 6) is 1.71. The fraction of sp³-hybridized carbons (Fsp3) is 0.786. The number of ether oxygens (including phenoxy) is 1. The van der Waals surface area contributed by atoms with E-state index in [1.165, 1.54) is 32.4 Å². The molecule has 0 N–H and O–H groups in total. The van der Waals surface area contributed by atoms with Gasteiger partial charge in [0, 0.05) is 33.4 Å². The van der Waals surface area contributed by atoms with Crippen LogP contribution in [0.2, 0.25) is 5.02 Å². The number of rotatable bonds is 3. The number of aromatic nitrogens is 2. The Morgan fingerprint density at radius 3 is 2.79 bits per heavy atom. The van der Waals surface area contributed by atoms with Gasteiger partial charge in [-0.3, -0.25) is 9.58 Å². The average molecular weight is 284 g/mol. The maximum Gasteiger partial charge on any atom is 0.0831 e. The van der Waals surface area contributed by atoms with Crippen molar-refractivity contribution in [2.75, 3.05) is 26.3 Å². The van der Waals surface area contributed by atoms with Crippen LogP contribution in [-0.4, -0.2) is 41.0 Å². The van der Waals surface area contributed by atoms with Crippen molar-refractivity contribution in [2.24, 2.45) is 18.9 Å². The highest BCUT2D eigenvalue weighted by Crippen LogP contribution is 2.32. The molecule has 3 rings (SSSR count). The van der Waals surface area contributed by atoms with Crippen LogP contribution >= 0.6 is 11.6 Å². The molecule has 2 aliphatic rings. The molecule has 1 atom stereocenters. The zero-order valence-corrected chi connectivity index (χ0v) is 12.3. The summed E-state index contributed by atoms with van der Waals surface area (Å²) in [6, 6.07) is 0. The van der Waals surface area contributed by atoms with E-state index in [9.17, 15) is 0 Å². The van der Waals surface area contributed by atoms with E-state index in [1.807, 2.05) is 11.7 Å². The predicted octanol–water partition coefficient (Wildman–Crippen LogP) is 2.32. The van der Waals surface area contributed by atoms with E-state index < -0.39 is 0 Å². The Balaban J connectivity index is 1.57. The van der Waals surface area contributed by atoms with Gasteiger partial charge in [-0.2, -0.15) is 5.10 Å². The molecule has 3 heterocycles. The van der Waals surface area contributed by atoms with Gasteiger partial charge in [0.2, 0.25) is 0 Å². The smallest absolute Gasteiger partial charge is 0.0831 e. The lowest BCUT2D eigenvalue weighted by Gasteiger charge is -2.27. The Morgan fingerprint density at radius 2 is 2.11 bits per heavy atom. The first kappa shape index (κ1) is 13.4. The van der Waals surface area contributed by atoms with Crippen LogP contribution in [-0.2, 0) is 18.3 Å². The molecule has 4 nitrogen and oxygen atoms in total. The minimum absolute atomic E-state index is 0.789. The molecule has 2 fully saturated rings. The minimum Gasteiger partial charge on any atom is -0.381 e. The molecule has 0 aromatic carbocycles.